The first-order chi connectivity index (χ1) is 10.1. The monoisotopic (exact) mass is 311 g/mol. The van der Waals surface area contributed by atoms with Crippen molar-refractivity contribution in [2.24, 2.45) is 7.05 Å². The number of nitrogens with zero attached hydrogens (tertiary/aromatic N) is 4. The highest BCUT2D eigenvalue weighted by Gasteiger charge is 2.24. The molecule has 118 valence electrons. The van der Waals surface area contributed by atoms with E-state index in [1.54, 1.807) is 6.33 Å². The van der Waals surface area contributed by atoms with Crippen molar-refractivity contribution in [3.63, 3.8) is 0 Å². The van der Waals surface area contributed by atoms with Gasteiger partial charge in [0.2, 0.25) is 0 Å². The molecule has 0 aliphatic carbocycles. The van der Waals surface area contributed by atoms with Gasteiger partial charge in [0.25, 0.3) is 0 Å². The molecule has 0 bridgehead atoms. The highest BCUT2D eigenvalue weighted by molar-refractivity contribution is 7.99. The largest absolute Gasteiger partial charge is 0.328 e. The van der Waals surface area contributed by atoms with Crippen molar-refractivity contribution in [3.8, 4) is 0 Å². The minimum absolute atomic E-state index is 0.00843. The number of carbonyl (C=O) groups excluding carboxylic acids is 1. The number of thioether (sulfide) groups is 1. The average Bonchev–Trinajstić information content (AvgIpc) is 2.73. The maximum atomic E-state index is 12.5. The van der Waals surface area contributed by atoms with Crippen LogP contribution < -0.4 is 5.32 Å². The predicted octanol–water partition coefficient (Wildman–Crippen LogP) is 2.19. The van der Waals surface area contributed by atoms with Crippen LogP contribution in [0.15, 0.2) is 6.33 Å². The lowest BCUT2D eigenvalue weighted by Crippen LogP contribution is -2.43. The van der Waals surface area contributed by atoms with E-state index in [0.29, 0.717) is 5.25 Å². The molecule has 6 nitrogen and oxygen atoms in total. The summed E-state index contributed by atoms with van der Waals surface area (Å²) in [6, 6.07) is -0.125. The first kappa shape index (κ1) is 16.1. The second-order valence-corrected chi connectivity index (χ2v) is 7.07. The summed E-state index contributed by atoms with van der Waals surface area (Å²) >= 11 is 1.96. The van der Waals surface area contributed by atoms with Gasteiger partial charge in [0, 0.05) is 25.4 Å². The van der Waals surface area contributed by atoms with Crippen LogP contribution in [0.2, 0.25) is 0 Å². The number of carbonyl (C=O) groups is 1. The highest BCUT2D eigenvalue weighted by atomic mass is 32.2. The average molecular weight is 311 g/mol. The van der Waals surface area contributed by atoms with Gasteiger partial charge in [-0.2, -0.15) is 11.8 Å². The lowest BCUT2D eigenvalue weighted by Gasteiger charge is -2.26. The van der Waals surface area contributed by atoms with Crippen LogP contribution in [0.1, 0.15) is 45.0 Å². The molecule has 2 rings (SSSR count). The lowest BCUT2D eigenvalue weighted by molar-refractivity contribution is 0.196. The molecule has 1 fully saturated rings. The SMILES string of the molecule is CCS[C@H]1CCCCN(C(=O)N[C@H](C)c2nncn2C)C1. The second-order valence-electron chi connectivity index (χ2n) is 5.49. The number of hydrogen-bond acceptors (Lipinski definition) is 4. The number of urea groups is 1. The van der Waals surface area contributed by atoms with Gasteiger partial charge in [-0.25, -0.2) is 4.79 Å². The summed E-state index contributed by atoms with van der Waals surface area (Å²) in [5, 5.41) is 11.5. The van der Waals surface area contributed by atoms with Gasteiger partial charge in [-0.15, -0.1) is 10.2 Å². The van der Waals surface area contributed by atoms with Gasteiger partial charge >= 0.3 is 6.03 Å². The van der Waals surface area contributed by atoms with E-state index in [1.165, 1.54) is 12.8 Å². The van der Waals surface area contributed by atoms with Gasteiger partial charge in [0.1, 0.15) is 6.33 Å². The second kappa shape index (κ2) is 7.68. The van der Waals surface area contributed by atoms with Crippen LogP contribution in [0.5, 0.6) is 0 Å². The summed E-state index contributed by atoms with van der Waals surface area (Å²) in [5.41, 5.74) is 0. The van der Waals surface area contributed by atoms with E-state index >= 15 is 0 Å². The minimum Gasteiger partial charge on any atom is -0.328 e. The van der Waals surface area contributed by atoms with Gasteiger partial charge in [-0.05, 0) is 25.5 Å². The number of hydrogen-bond donors (Lipinski definition) is 1. The Morgan fingerprint density at radius 2 is 2.38 bits per heavy atom. The molecular formula is C14H25N5OS. The van der Waals surface area contributed by atoms with Crippen LogP contribution in [0.4, 0.5) is 4.79 Å². The van der Waals surface area contributed by atoms with Crippen LogP contribution in [0.25, 0.3) is 0 Å². The van der Waals surface area contributed by atoms with Gasteiger partial charge < -0.3 is 14.8 Å². The van der Waals surface area contributed by atoms with Gasteiger partial charge in [0.15, 0.2) is 5.82 Å². The Morgan fingerprint density at radius 1 is 1.57 bits per heavy atom. The first-order valence-corrected chi connectivity index (χ1v) is 8.67. The van der Waals surface area contributed by atoms with Crippen LogP contribution in [0, 0.1) is 0 Å². The molecule has 1 N–H and O–H groups in total. The molecule has 2 amide bonds. The van der Waals surface area contributed by atoms with E-state index in [-0.39, 0.29) is 12.1 Å². The summed E-state index contributed by atoms with van der Waals surface area (Å²) in [5.74, 6) is 1.88. The Kier molecular flexibility index (Phi) is 5.90. The molecule has 2 atom stereocenters. The zero-order valence-electron chi connectivity index (χ0n) is 13.1. The van der Waals surface area contributed by atoms with Crippen molar-refractivity contribution < 1.29 is 4.79 Å². The van der Waals surface area contributed by atoms with Crippen molar-refractivity contribution in [1.29, 1.82) is 0 Å². The normalized spacial score (nSPS) is 20.9. The fourth-order valence-electron chi connectivity index (χ4n) is 2.68. The molecule has 0 radical (unpaired) electrons. The van der Waals surface area contributed by atoms with Crippen molar-refractivity contribution in [3.05, 3.63) is 12.2 Å². The van der Waals surface area contributed by atoms with E-state index in [9.17, 15) is 4.79 Å². The van der Waals surface area contributed by atoms with Crippen molar-refractivity contribution in [1.82, 2.24) is 25.0 Å². The predicted molar refractivity (Wildman–Crippen MR) is 85.3 cm³/mol. The van der Waals surface area contributed by atoms with E-state index in [2.05, 4.69) is 22.4 Å². The van der Waals surface area contributed by atoms with Crippen molar-refractivity contribution in [2.75, 3.05) is 18.8 Å². The molecule has 1 aliphatic heterocycles. The Morgan fingerprint density at radius 3 is 3.05 bits per heavy atom. The van der Waals surface area contributed by atoms with Crippen LogP contribution >= 0.6 is 11.8 Å². The Bertz CT molecular complexity index is 464. The molecule has 0 spiro atoms. The molecular weight excluding hydrogens is 286 g/mol. The smallest absolute Gasteiger partial charge is 0.318 e. The zero-order chi connectivity index (χ0) is 15.2. The van der Waals surface area contributed by atoms with Crippen LogP contribution in [-0.2, 0) is 7.05 Å². The maximum Gasteiger partial charge on any atom is 0.318 e. The molecule has 21 heavy (non-hydrogen) atoms. The van der Waals surface area contributed by atoms with Gasteiger partial charge in [0.05, 0.1) is 6.04 Å². The van der Waals surface area contributed by atoms with Crippen LogP contribution in [-0.4, -0.2) is 49.8 Å². The topological polar surface area (TPSA) is 63.1 Å². The Labute approximate surface area is 130 Å². The fourth-order valence-corrected chi connectivity index (χ4v) is 3.77. The third kappa shape index (κ3) is 4.36. The number of likely N-dealkylation sites (tertiary alicyclic amines) is 1. The third-order valence-corrected chi connectivity index (χ3v) is 4.98. The Balaban J connectivity index is 1.93. The lowest BCUT2D eigenvalue weighted by atomic mass is 10.2. The molecule has 2 heterocycles. The number of nitrogens with one attached hydrogen (secondary N) is 1. The summed E-state index contributed by atoms with van der Waals surface area (Å²) in [7, 11) is 1.89. The summed E-state index contributed by atoms with van der Waals surface area (Å²) in [6.07, 6.45) is 5.16. The van der Waals surface area contributed by atoms with Gasteiger partial charge in [-0.1, -0.05) is 13.3 Å². The molecule has 0 aromatic carbocycles. The van der Waals surface area contributed by atoms with Crippen LogP contribution in [0.3, 0.4) is 0 Å². The fraction of sp³-hybridized carbons (Fsp3) is 0.786. The molecule has 1 saturated heterocycles. The quantitative estimate of drug-likeness (QED) is 0.926. The number of amides is 2. The van der Waals surface area contributed by atoms with E-state index in [0.717, 1.165) is 31.1 Å². The van der Waals surface area contributed by atoms with E-state index in [4.69, 9.17) is 0 Å². The number of aryl methyl sites for hydroxylation is 1. The van der Waals surface area contributed by atoms with Crippen molar-refractivity contribution >= 4 is 17.8 Å². The van der Waals surface area contributed by atoms with Gasteiger partial charge in [-0.3, -0.25) is 0 Å². The number of rotatable bonds is 4. The molecule has 1 aromatic rings. The molecule has 1 aliphatic rings. The zero-order valence-corrected chi connectivity index (χ0v) is 13.9. The maximum absolute atomic E-state index is 12.5. The summed E-state index contributed by atoms with van der Waals surface area (Å²) in [6.45, 7) is 5.81. The molecule has 0 saturated carbocycles. The molecule has 0 unspecified atom stereocenters. The molecule has 1 aromatic heterocycles. The van der Waals surface area contributed by atoms with E-state index in [1.807, 2.05) is 35.2 Å². The van der Waals surface area contributed by atoms with E-state index < -0.39 is 0 Å². The van der Waals surface area contributed by atoms with Crippen molar-refractivity contribution in [2.45, 2.75) is 44.4 Å². The summed E-state index contributed by atoms with van der Waals surface area (Å²) in [4.78, 5) is 14.4. The Hall–Kier alpha value is -1.24. The minimum atomic E-state index is -0.134. The highest BCUT2D eigenvalue weighted by Crippen LogP contribution is 2.22. The standard InChI is InChI=1S/C14H25N5OS/c1-4-21-12-7-5-6-8-19(9-12)14(20)16-11(2)13-17-15-10-18(13)3/h10-12H,4-9H2,1-3H3,(H,16,20)/t11-,12+/m1/s1. The summed E-state index contributed by atoms with van der Waals surface area (Å²) < 4.78 is 1.84. The first-order valence-electron chi connectivity index (χ1n) is 7.62. The third-order valence-electron chi connectivity index (χ3n) is 3.79. The molecule has 7 heteroatoms. The number of aromatic nitrogens is 3.